The van der Waals surface area contributed by atoms with Gasteiger partial charge < -0.3 is 25.0 Å². The molecule has 2 aliphatic rings. The SMILES string of the molecule is COc1nc(-c2cc(O)cc3ccc(F)c(Cl)c23)c(F)c2nc(OC[C@@]34CCCN3C[C@H](F)C4)nc(NCCO)c12. The van der Waals surface area contributed by atoms with Crippen molar-refractivity contribution in [2.45, 2.75) is 31.0 Å². The van der Waals surface area contributed by atoms with E-state index in [-0.39, 0.29) is 75.8 Å². The van der Waals surface area contributed by atoms with Gasteiger partial charge in [-0.15, -0.1) is 0 Å². The summed E-state index contributed by atoms with van der Waals surface area (Å²) < 4.78 is 56.7. The smallest absolute Gasteiger partial charge is 0.319 e. The Labute approximate surface area is 237 Å². The first kappa shape index (κ1) is 27.6. The highest BCUT2D eigenvalue weighted by atomic mass is 35.5. The van der Waals surface area contributed by atoms with Crippen molar-refractivity contribution in [1.82, 2.24) is 19.9 Å². The summed E-state index contributed by atoms with van der Waals surface area (Å²) in [5.74, 6) is -1.82. The number of anilines is 1. The van der Waals surface area contributed by atoms with Gasteiger partial charge in [0.1, 0.15) is 46.8 Å². The van der Waals surface area contributed by atoms with Crippen molar-refractivity contribution in [3.05, 3.63) is 40.9 Å². The number of halogens is 4. The van der Waals surface area contributed by atoms with Crippen molar-refractivity contribution < 1.29 is 32.9 Å². The molecular formula is C28H27ClF3N5O4. The summed E-state index contributed by atoms with van der Waals surface area (Å²) in [6.07, 6.45) is 1.05. The highest BCUT2D eigenvalue weighted by Crippen LogP contribution is 2.43. The summed E-state index contributed by atoms with van der Waals surface area (Å²) in [5.41, 5.74) is -0.986. The molecule has 6 rings (SSSR count). The number of fused-ring (bicyclic) bond motifs is 3. The molecule has 2 aliphatic heterocycles. The summed E-state index contributed by atoms with van der Waals surface area (Å²) in [5, 5.41) is 23.1. The topological polar surface area (TPSA) is 113 Å². The first-order valence-corrected chi connectivity index (χ1v) is 13.6. The number of hydrogen-bond acceptors (Lipinski definition) is 9. The number of hydrogen-bond donors (Lipinski definition) is 3. The maximum atomic E-state index is 16.4. The molecule has 0 amide bonds. The van der Waals surface area contributed by atoms with Gasteiger partial charge >= 0.3 is 6.01 Å². The fourth-order valence-corrected chi connectivity index (χ4v) is 6.30. The van der Waals surface area contributed by atoms with E-state index >= 15 is 4.39 Å². The van der Waals surface area contributed by atoms with Gasteiger partial charge in [-0.25, -0.2) is 18.2 Å². The largest absolute Gasteiger partial charge is 0.508 e. The molecule has 3 N–H and O–H groups in total. The Morgan fingerprint density at radius 1 is 1.20 bits per heavy atom. The van der Waals surface area contributed by atoms with E-state index in [4.69, 9.17) is 21.1 Å². The van der Waals surface area contributed by atoms with Crippen molar-refractivity contribution in [1.29, 1.82) is 0 Å². The third-order valence-corrected chi connectivity index (χ3v) is 8.18. The van der Waals surface area contributed by atoms with Crippen molar-refractivity contribution in [3.8, 4) is 28.9 Å². The number of methoxy groups -OCH3 is 1. The number of aliphatic hydroxyl groups excluding tert-OH is 1. The van der Waals surface area contributed by atoms with Crippen molar-refractivity contribution in [3.63, 3.8) is 0 Å². The van der Waals surface area contributed by atoms with Crippen LogP contribution in [0.1, 0.15) is 19.3 Å². The molecule has 2 atom stereocenters. The molecule has 0 spiro atoms. The van der Waals surface area contributed by atoms with E-state index in [1.54, 1.807) is 0 Å². The van der Waals surface area contributed by atoms with E-state index in [1.807, 2.05) is 0 Å². The number of nitrogens with one attached hydrogen (secondary N) is 1. The third-order valence-electron chi connectivity index (χ3n) is 7.81. The maximum absolute atomic E-state index is 16.4. The Bertz CT molecular complexity index is 1660. The molecule has 2 fully saturated rings. The zero-order valence-corrected chi connectivity index (χ0v) is 22.8. The number of benzene rings is 2. The van der Waals surface area contributed by atoms with Gasteiger partial charge in [0.25, 0.3) is 0 Å². The van der Waals surface area contributed by atoms with Gasteiger partial charge in [-0.1, -0.05) is 17.7 Å². The monoisotopic (exact) mass is 589 g/mol. The zero-order chi connectivity index (χ0) is 28.9. The van der Waals surface area contributed by atoms with Crippen LogP contribution in [0.2, 0.25) is 5.02 Å². The lowest BCUT2D eigenvalue weighted by atomic mass is 9.95. The van der Waals surface area contributed by atoms with Gasteiger partial charge in [0.15, 0.2) is 5.82 Å². The van der Waals surface area contributed by atoms with Crippen LogP contribution in [0.5, 0.6) is 17.6 Å². The Morgan fingerprint density at radius 3 is 2.80 bits per heavy atom. The maximum Gasteiger partial charge on any atom is 0.319 e. The van der Waals surface area contributed by atoms with Gasteiger partial charge in [0, 0.05) is 30.5 Å². The molecule has 0 aliphatic carbocycles. The van der Waals surface area contributed by atoms with Crippen molar-refractivity contribution in [2.24, 2.45) is 0 Å². The van der Waals surface area contributed by atoms with Crippen LogP contribution in [-0.4, -0.2) is 81.7 Å². The van der Waals surface area contributed by atoms with E-state index in [2.05, 4.69) is 25.2 Å². The average molecular weight is 590 g/mol. The molecule has 41 heavy (non-hydrogen) atoms. The standard InChI is InChI=1S/C28H27ClF3N5O4/c1-40-26-20-24(22(32)23(34-26)17-10-16(39)9-14-3-4-18(31)21(29)19(14)17)35-27(36-25(20)33-6-8-38)41-13-28-5-2-7-37(28)12-15(30)11-28/h3-4,9-10,15,38-39H,2,5-8,11-13H2,1H3,(H,33,35,36)/t15-,28+/m1/s1. The number of alkyl halides is 1. The molecule has 2 aromatic carbocycles. The van der Waals surface area contributed by atoms with E-state index < -0.39 is 23.3 Å². The molecule has 0 unspecified atom stereocenters. The molecular weight excluding hydrogens is 563 g/mol. The molecule has 9 nitrogen and oxygen atoms in total. The van der Waals surface area contributed by atoms with Crippen molar-refractivity contribution >= 4 is 39.1 Å². The van der Waals surface area contributed by atoms with Crippen LogP contribution in [0.4, 0.5) is 19.0 Å². The minimum atomic E-state index is -0.956. The number of aromatic nitrogens is 3. The Balaban J connectivity index is 1.52. The van der Waals surface area contributed by atoms with Gasteiger partial charge in [-0.2, -0.15) is 9.97 Å². The summed E-state index contributed by atoms with van der Waals surface area (Å²) >= 11 is 6.29. The lowest BCUT2D eigenvalue weighted by molar-refractivity contribution is 0.107. The first-order chi connectivity index (χ1) is 19.7. The second kappa shape index (κ2) is 10.7. The Morgan fingerprint density at radius 2 is 2.02 bits per heavy atom. The van der Waals surface area contributed by atoms with Crippen LogP contribution in [-0.2, 0) is 0 Å². The van der Waals surface area contributed by atoms with Crippen LogP contribution in [0.25, 0.3) is 32.9 Å². The number of rotatable bonds is 8. The molecule has 0 radical (unpaired) electrons. The minimum Gasteiger partial charge on any atom is -0.508 e. The molecule has 2 aromatic heterocycles. The highest BCUT2D eigenvalue weighted by Gasteiger charge is 2.49. The minimum absolute atomic E-state index is 0.0218. The van der Waals surface area contributed by atoms with Crippen LogP contribution in [0.15, 0.2) is 24.3 Å². The number of aliphatic hydroxyl groups is 1. The lowest BCUT2D eigenvalue weighted by Crippen LogP contribution is -2.43. The second-order valence-corrected chi connectivity index (χ2v) is 10.7. The number of nitrogens with zero attached hydrogens (tertiary/aromatic N) is 4. The predicted molar refractivity (Wildman–Crippen MR) is 148 cm³/mol. The quantitative estimate of drug-likeness (QED) is 0.265. The summed E-state index contributed by atoms with van der Waals surface area (Å²) in [6, 6.07) is 5.01. The van der Waals surface area contributed by atoms with E-state index in [0.717, 1.165) is 25.5 Å². The zero-order valence-electron chi connectivity index (χ0n) is 22.1. The Hall–Kier alpha value is -3.61. The predicted octanol–water partition coefficient (Wildman–Crippen LogP) is 4.85. The lowest BCUT2D eigenvalue weighted by Gasteiger charge is -2.30. The van der Waals surface area contributed by atoms with Gasteiger partial charge in [-0.3, -0.25) is 4.90 Å². The van der Waals surface area contributed by atoms with E-state index in [9.17, 15) is 19.0 Å². The summed E-state index contributed by atoms with van der Waals surface area (Å²) in [4.78, 5) is 15.2. The molecule has 13 heteroatoms. The number of aromatic hydroxyl groups is 1. The van der Waals surface area contributed by atoms with Crippen LogP contribution >= 0.6 is 11.6 Å². The van der Waals surface area contributed by atoms with Gasteiger partial charge in [0.05, 0.1) is 24.3 Å². The number of phenolic OH excluding ortho intramolecular Hbond substituents is 1. The van der Waals surface area contributed by atoms with Gasteiger partial charge in [0.2, 0.25) is 5.88 Å². The van der Waals surface area contributed by atoms with Crippen LogP contribution in [0, 0.1) is 11.6 Å². The molecule has 0 bridgehead atoms. The molecule has 4 aromatic rings. The average Bonchev–Trinajstić information content (AvgIpc) is 3.48. The van der Waals surface area contributed by atoms with Crippen molar-refractivity contribution in [2.75, 3.05) is 45.3 Å². The second-order valence-electron chi connectivity index (χ2n) is 10.3. The fourth-order valence-electron chi connectivity index (χ4n) is 6.03. The molecule has 0 saturated carbocycles. The normalized spacial score (nSPS) is 20.6. The first-order valence-electron chi connectivity index (χ1n) is 13.2. The summed E-state index contributed by atoms with van der Waals surface area (Å²) in [6.45, 7) is 1.06. The Kier molecular flexibility index (Phi) is 7.16. The number of phenols is 1. The highest BCUT2D eigenvalue weighted by molar-refractivity contribution is 6.37. The number of ether oxygens (including phenoxy) is 2. The number of pyridine rings is 1. The van der Waals surface area contributed by atoms with Crippen LogP contribution < -0.4 is 14.8 Å². The van der Waals surface area contributed by atoms with Crippen LogP contribution in [0.3, 0.4) is 0 Å². The molecule has 216 valence electrons. The fraction of sp³-hybridized carbons (Fsp3) is 0.393. The van der Waals surface area contributed by atoms with Gasteiger partial charge in [-0.05, 0) is 43.0 Å². The van der Waals surface area contributed by atoms with E-state index in [1.165, 1.54) is 25.3 Å². The molecule has 2 saturated heterocycles. The summed E-state index contributed by atoms with van der Waals surface area (Å²) in [7, 11) is 1.33. The third kappa shape index (κ3) is 4.73. The van der Waals surface area contributed by atoms with E-state index in [0.29, 0.717) is 18.4 Å². The molecule has 4 heterocycles.